The zero-order valence-electron chi connectivity index (χ0n) is 8.04. The van der Waals surface area contributed by atoms with Crippen LogP contribution in [0.15, 0.2) is 0 Å². The monoisotopic (exact) mass is 224 g/mol. The second-order valence-electron chi connectivity index (χ2n) is 3.26. The molecule has 88 valence electrons. The van der Waals surface area contributed by atoms with Gasteiger partial charge in [0.25, 0.3) is 0 Å². The minimum absolute atomic E-state index is 0.608. The molecule has 0 bridgehead atoms. The van der Waals surface area contributed by atoms with E-state index < -0.39 is 43.3 Å². The van der Waals surface area contributed by atoms with Gasteiger partial charge < -0.3 is 24.8 Å². The Balaban J connectivity index is 2.69. The third-order valence-corrected chi connectivity index (χ3v) is 2.09. The molecular weight excluding hydrogens is 211 g/mol. The molecule has 15 heavy (non-hydrogen) atoms. The summed E-state index contributed by atoms with van der Waals surface area (Å²) < 4.78 is 22.5. The van der Waals surface area contributed by atoms with Crippen molar-refractivity contribution in [2.45, 2.75) is 37.7 Å². The topological polar surface area (TPSA) is 96.2 Å². The van der Waals surface area contributed by atoms with Crippen LogP contribution in [-0.4, -0.2) is 58.7 Å². The number of hydrogen-bond acceptors (Lipinski definition) is 6. The molecule has 3 N–H and O–H groups in total. The van der Waals surface area contributed by atoms with Gasteiger partial charge in [0.05, 0.1) is 6.61 Å². The molecule has 0 radical (unpaired) electrons. The van der Waals surface area contributed by atoms with Gasteiger partial charge in [-0.1, -0.05) is 0 Å². The summed E-state index contributed by atoms with van der Waals surface area (Å²) in [5.41, 5.74) is 0. The summed E-state index contributed by atoms with van der Waals surface area (Å²) in [6.45, 7) is 0.449. The van der Waals surface area contributed by atoms with Gasteiger partial charge in [-0.3, -0.25) is 4.79 Å². The maximum absolute atomic E-state index is 13.3. The molecule has 1 aliphatic rings. The van der Waals surface area contributed by atoms with E-state index in [4.69, 9.17) is 9.84 Å². The molecule has 1 saturated heterocycles. The van der Waals surface area contributed by atoms with Crippen LogP contribution in [0.25, 0.3) is 0 Å². The van der Waals surface area contributed by atoms with Gasteiger partial charge in [-0.2, -0.15) is 0 Å². The van der Waals surface area contributed by atoms with Crippen LogP contribution in [0.3, 0.4) is 0 Å². The minimum Gasteiger partial charge on any atom is -0.433 e. The van der Waals surface area contributed by atoms with E-state index in [0.29, 0.717) is 0 Å². The van der Waals surface area contributed by atoms with Crippen LogP contribution in [0.4, 0.5) is 4.39 Å². The lowest BCUT2D eigenvalue weighted by Crippen LogP contribution is -2.57. The van der Waals surface area contributed by atoms with E-state index in [1.54, 1.807) is 0 Å². The molecule has 1 rings (SSSR count). The van der Waals surface area contributed by atoms with Crippen molar-refractivity contribution in [2.75, 3.05) is 6.61 Å². The van der Waals surface area contributed by atoms with Gasteiger partial charge in [0, 0.05) is 6.92 Å². The number of aliphatic hydroxyl groups is 3. The fraction of sp³-hybridized carbons (Fsp3) is 0.875. The van der Waals surface area contributed by atoms with Crippen molar-refractivity contribution in [3.05, 3.63) is 0 Å². The Bertz CT molecular complexity index is 233. The number of hydrogen-bond donors (Lipinski definition) is 3. The Kier molecular flexibility index (Phi) is 3.97. The van der Waals surface area contributed by atoms with Gasteiger partial charge in [0.15, 0.2) is 6.17 Å². The van der Waals surface area contributed by atoms with Gasteiger partial charge in [-0.15, -0.1) is 0 Å². The second-order valence-corrected chi connectivity index (χ2v) is 3.26. The highest BCUT2D eigenvalue weighted by molar-refractivity contribution is 5.66. The Morgan fingerprint density at radius 2 is 2.07 bits per heavy atom. The average molecular weight is 224 g/mol. The SMILES string of the molecule is CC(=O)O[C@H]1O[C@H](CO)[C@@H](O)[C@H](O)[C@@H]1F. The lowest BCUT2D eigenvalue weighted by molar-refractivity contribution is -0.278. The number of rotatable bonds is 2. The minimum atomic E-state index is -2.04. The summed E-state index contributed by atoms with van der Waals surface area (Å²) in [7, 11) is 0. The van der Waals surface area contributed by atoms with E-state index in [0.717, 1.165) is 6.92 Å². The standard InChI is InChI=1S/C8H13FO6/c1-3(11)14-8-5(9)7(13)6(12)4(2-10)15-8/h4-8,10,12-13H,2H2,1H3/t4-,5+,6-,7-,8+/m1/s1. The number of carbonyl (C=O) groups is 1. The van der Waals surface area contributed by atoms with Crippen molar-refractivity contribution in [3.63, 3.8) is 0 Å². The Labute approximate surface area is 85.2 Å². The highest BCUT2D eigenvalue weighted by Gasteiger charge is 2.46. The zero-order valence-corrected chi connectivity index (χ0v) is 8.04. The Hall–Kier alpha value is -0.760. The van der Waals surface area contributed by atoms with Gasteiger partial charge in [0.1, 0.15) is 18.3 Å². The van der Waals surface area contributed by atoms with Crippen LogP contribution in [0, 0.1) is 0 Å². The molecule has 1 fully saturated rings. The van der Waals surface area contributed by atoms with Crippen molar-refractivity contribution < 1.29 is 34.0 Å². The molecule has 0 amide bonds. The predicted octanol–water partition coefficient (Wildman–Crippen LogP) is -1.67. The number of halogens is 1. The summed E-state index contributed by atoms with van der Waals surface area (Å²) in [6.07, 6.45) is -8.10. The quantitative estimate of drug-likeness (QED) is 0.485. The molecule has 0 aromatic carbocycles. The normalized spacial score (nSPS) is 41.3. The lowest BCUT2D eigenvalue weighted by Gasteiger charge is -2.37. The largest absolute Gasteiger partial charge is 0.433 e. The van der Waals surface area contributed by atoms with E-state index in [1.165, 1.54) is 0 Å². The molecular formula is C8H13FO6. The first-order chi connectivity index (χ1) is 6.97. The molecule has 0 aromatic rings. The summed E-state index contributed by atoms with van der Waals surface area (Å²) in [5, 5.41) is 27.2. The Morgan fingerprint density at radius 1 is 1.47 bits per heavy atom. The van der Waals surface area contributed by atoms with Crippen LogP contribution in [0.1, 0.15) is 6.92 Å². The molecule has 0 aromatic heterocycles. The summed E-state index contributed by atoms with van der Waals surface area (Å²) in [4.78, 5) is 10.6. The maximum atomic E-state index is 13.3. The first-order valence-electron chi connectivity index (χ1n) is 4.41. The lowest BCUT2D eigenvalue weighted by atomic mass is 10.0. The van der Waals surface area contributed by atoms with Gasteiger partial charge in [-0.05, 0) is 0 Å². The van der Waals surface area contributed by atoms with Crippen LogP contribution in [-0.2, 0) is 14.3 Å². The molecule has 1 aliphatic heterocycles. The van der Waals surface area contributed by atoms with E-state index >= 15 is 0 Å². The number of aliphatic hydroxyl groups excluding tert-OH is 3. The van der Waals surface area contributed by atoms with Crippen molar-refractivity contribution in [1.29, 1.82) is 0 Å². The number of alkyl halides is 1. The Morgan fingerprint density at radius 3 is 2.53 bits per heavy atom. The third kappa shape index (κ3) is 2.63. The molecule has 0 saturated carbocycles. The fourth-order valence-electron chi connectivity index (χ4n) is 1.30. The van der Waals surface area contributed by atoms with E-state index in [9.17, 15) is 19.4 Å². The molecule has 0 unspecified atom stereocenters. The van der Waals surface area contributed by atoms with Gasteiger partial charge in [0.2, 0.25) is 6.29 Å². The number of carbonyl (C=O) groups excluding carboxylic acids is 1. The fourth-order valence-corrected chi connectivity index (χ4v) is 1.30. The van der Waals surface area contributed by atoms with Gasteiger partial charge in [-0.25, -0.2) is 4.39 Å². The highest BCUT2D eigenvalue weighted by atomic mass is 19.1. The predicted molar refractivity (Wildman–Crippen MR) is 44.4 cm³/mol. The molecule has 6 nitrogen and oxygen atoms in total. The molecule has 1 heterocycles. The number of ether oxygens (including phenoxy) is 2. The highest BCUT2D eigenvalue weighted by Crippen LogP contribution is 2.24. The third-order valence-electron chi connectivity index (χ3n) is 2.09. The second kappa shape index (κ2) is 4.84. The number of esters is 1. The first-order valence-corrected chi connectivity index (χ1v) is 4.41. The van der Waals surface area contributed by atoms with E-state index in [2.05, 4.69) is 4.74 Å². The van der Waals surface area contributed by atoms with Crippen molar-refractivity contribution in [1.82, 2.24) is 0 Å². The van der Waals surface area contributed by atoms with E-state index in [-0.39, 0.29) is 0 Å². The van der Waals surface area contributed by atoms with Gasteiger partial charge >= 0.3 is 5.97 Å². The van der Waals surface area contributed by atoms with Crippen LogP contribution < -0.4 is 0 Å². The van der Waals surface area contributed by atoms with Crippen molar-refractivity contribution in [3.8, 4) is 0 Å². The summed E-state index contributed by atoms with van der Waals surface area (Å²) >= 11 is 0. The zero-order chi connectivity index (χ0) is 11.6. The van der Waals surface area contributed by atoms with Crippen molar-refractivity contribution >= 4 is 5.97 Å². The van der Waals surface area contributed by atoms with E-state index in [1.807, 2.05) is 0 Å². The smallest absolute Gasteiger partial charge is 0.305 e. The first kappa shape index (κ1) is 12.3. The maximum Gasteiger partial charge on any atom is 0.305 e. The van der Waals surface area contributed by atoms with Crippen LogP contribution in [0.2, 0.25) is 0 Å². The molecule has 0 spiro atoms. The molecule has 0 aliphatic carbocycles. The summed E-state index contributed by atoms with van der Waals surface area (Å²) in [5.74, 6) is -0.775. The van der Waals surface area contributed by atoms with Crippen LogP contribution in [0.5, 0.6) is 0 Å². The van der Waals surface area contributed by atoms with Crippen molar-refractivity contribution in [2.24, 2.45) is 0 Å². The molecule has 7 heteroatoms. The van der Waals surface area contributed by atoms with Crippen LogP contribution >= 0.6 is 0 Å². The average Bonchev–Trinajstić information content (AvgIpc) is 2.18. The molecule has 5 atom stereocenters. The summed E-state index contributed by atoms with van der Waals surface area (Å²) in [6, 6.07) is 0.